The van der Waals surface area contributed by atoms with Gasteiger partial charge in [0.05, 0.1) is 0 Å². The number of allylic oxidation sites excluding steroid dienone is 4. The highest BCUT2D eigenvalue weighted by Gasteiger charge is 2.11. The summed E-state index contributed by atoms with van der Waals surface area (Å²) in [5.41, 5.74) is 8.86. The molecule has 0 heteroatoms. The average Bonchev–Trinajstić information content (AvgIpc) is 3.31. The molecule has 1 aliphatic rings. The van der Waals surface area contributed by atoms with Crippen LogP contribution in [0.15, 0.2) is 71.8 Å². The van der Waals surface area contributed by atoms with Crippen LogP contribution < -0.4 is 0 Å². The second-order valence-electron chi connectivity index (χ2n) is 11.9. The first-order valence-corrected chi connectivity index (χ1v) is 13.9. The van der Waals surface area contributed by atoms with Crippen LogP contribution >= 0.6 is 0 Å². The summed E-state index contributed by atoms with van der Waals surface area (Å²) in [6, 6.07) is 17.8. The zero-order chi connectivity index (χ0) is 26.7. The highest BCUT2D eigenvalue weighted by atomic mass is 14.2. The van der Waals surface area contributed by atoms with E-state index in [1.165, 1.54) is 34.2 Å². The molecule has 0 aromatic heterocycles. The molecule has 0 heterocycles. The van der Waals surface area contributed by atoms with Gasteiger partial charge in [0, 0.05) is 0 Å². The molecular formula is C36H58. The van der Waals surface area contributed by atoms with E-state index in [1.807, 2.05) is 0 Å². The minimum Gasteiger partial charge on any atom is -0.0776 e. The van der Waals surface area contributed by atoms with Crippen molar-refractivity contribution in [2.24, 2.45) is 11.8 Å². The first kappa shape index (κ1) is 33.9. The first-order valence-electron chi connectivity index (χ1n) is 13.9. The Kier molecular flexibility index (Phi) is 15.7. The van der Waals surface area contributed by atoms with Crippen LogP contribution in [0, 0.1) is 11.8 Å². The van der Waals surface area contributed by atoms with E-state index >= 15 is 0 Å². The number of rotatable bonds is 6. The van der Waals surface area contributed by atoms with Crippen molar-refractivity contribution in [2.75, 3.05) is 0 Å². The van der Waals surface area contributed by atoms with Gasteiger partial charge < -0.3 is 0 Å². The molecule has 2 aromatic rings. The molecule has 0 radical (unpaired) electrons. The highest BCUT2D eigenvalue weighted by molar-refractivity contribution is 5.34. The van der Waals surface area contributed by atoms with Crippen molar-refractivity contribution in [1.29, 1.82) is 0 Å². The molecular weight excluding hydrogens is 432 g/mol. The summed E-state index contributed by atoms with van der Waals surface area (Å²) in [6.07, 6.45) is 5.92. The molecule has 0 bridgehead atoms. The normalized spacial score (nSPS) is 12.8. The second kappa shape index (κ2) is 16.6. The van der Waals surface area contributed by atoms with Crippen molar-refractivity contribution in [3.63, 3.8) is 0 Å². The molecule has 0 aliphatic heterocycles. The van der Waals surface area contributed by atoms with Crippen LogP contribution in [0.3, 0.4) is 0 Å². The average molecular weight is 491 g/mol. The van der Waals surface area contributed by atoms with Gasteiger partial charge in [-0.05, 0) is 69.8 Å². The maximum atomic E-state index is 2.37. The predicted octanol–water partition coefficient (Wildman–Crippen LogP) is 12.1. The van der Waals surface area contributed by atoms with Gasteiger partial charge in [-0.3, -0.25) is 0 Å². The Morgan fingerprint density at radius 1 is 0.472 bits per heavy atom. The van der Waals surface area contributed by atoms with E-state index in [0.29, 0.717) is 29.6 Å². The van der Waals surface area contributed by atoms with E-state index in [0.717, 1.165) is 5.92 Å². The lowest BCUT2D eigenvalue weighted by Gasteiger charge is -2.09. The topological polar surface area (TPSA) is 0 Å². The van der Waals surface area contributed by atoms with Crippen LogP contribution in [-0.2, 0) is 0 Å². The summed E-state index contributed by atoms with van der Waals surface area (Å²) < 4.78 is 0. The van der Waals surface area contributed by atoms with E-state index in [2.05, 4.69) is 144 Å². The van der Waals surface area contributed by atoms with Crippen LogP contribution in [0.5, 0.6) is 0 Å². The Hall–Kier alpha value is -2.08. The lowest BCUT2D eigenvalue weighted by molar-refractivity contribution is 0.751. The molecule has 2 aromatic carbocycles. The lowest BCUT2D eigenvalue weighted by atomic mass is 9.96. The van der Waals surface area contributed by atoms with Crippen LogP contribution in [0.4, 0.5) is 0 Å². The summed E-state index contributed by atoms with van der Waals surface area (Å²) in [4.78, 5) is 0. The molecule has 0 saturated heterocycles. The zero-order valence-corrected chi connectivity index (χ0v) is 24.9. The molecule has 0 amide bonds. The first-order chi connectivity index (χ1) is 16.3. The Morgan fingerprint density at radius 2 is 0.861 bits per heavy atom. The van der Waals surface area contributed by atoms with Crippen molar-refractivity contribution in [1.82, 2.24) is 0 Å². The Bertz CT molecular complexity index is 865. The quantitative estimate of drug-likeness (QED) is 0.377. The van der Waals surface area contributed by atoms with E-state index in [9.17, 15) is 0 Å². The molecule has 0 atom stereocenters. The summed E-state index contributed by atoms with van der Waals surface area (Å²) in [5.74, 6) is 4.00. The van der Waals surface area contributed by atoms with Crippen molar-refractivity contribution >= 4 is 0 Å². The Balaban J connectivity index is 0.000000504. The standard InChI is InChI=1S/2C12H18.C11H18.CH4/c1-9(2)11-5-7-12(8-6-11)10(3)4;1-9(2)11-6-5-7-12(8-11)10(3)4;1-8(2)10-5-6-11(7-10)9(3)4;/h2*5-10H,1-4H3;5,7-9H,6H2,1-4H3;1H4. The second-order valence-corrected chi connectivity index (χ2v) is 11.9. The Morgan fingerprint density at radius 3 is 1.11 bits per heavy atom. The third kappa shape index (κ3) is 11.8. The third-order valence-electron chi connectivity index (χ3n) is 6.85. The van der Waals surface area contributed by atoms with Gasteiger partial charge in [0.25, 0.3) is 0 Å². The van der Waals surface area contributed by atoms with Crippen LogP contribution in [0.2, 0.25) is 0 Å². The van der Waals surface area contributed by atoms with Gasteiger partial charge in [-0.1, -0.05) is 157 Å². The molecule has 0 fully saturated rings. The third-order valence-corrected chi connectivity index (χ3v) is 6.85. The maximum absolute atomic E-state index is 2.37. The van der Waals surface area contributed by atoms with Crippen LogP contribution in [0.25, 0.3) is 0 Å². The minimum absolute atomic E-state index is 0. The molecule has 0 N–H and O–H groups in total. The number of hydrogen-bond donors (Lipinski definition) is 0. The van der Waals surface area contributed by atoms with Gasteiger partial charge in [-0.15, -0.1) is 0 Å². The monoisotopic (exact) mass is 490 g/mol. The fraction of sp³-hybridized carbons (Fsp3) is 0.556. The molecule has 0 saturated carbocycles. The predicted molar refractivity (Wildman–Crippen MR) is 166 cm³/mol. The molecule has 36 heavy (non-hydrogen) atoms. The van der Waals surface area contributed by atoms with Gasteiger partial charge in [-0.2, -0.15) is 0 Å². The maximum Gasteiger partial charge on any atom is -0.0127 e. The largest absolute Gasteiger partial charge is 0.0776 e. The molecule has 0 nitrogen and oxygen atoms in total. The molecule has 202 valence electrons. The van der Waals surface area contributed by atoms with Crippen molar-refractivity contribution in [2.45, 2.75) is 121 Å². The van der Waals surface area contributed by atoms with E-state index in [4.69, 9.17) is 0 Å². The van der Waals surface area contributed by atoms with E-state index in [-0.39, 0.29) is 7.43 Å². The molecule has 1 aliphatic carbocycles. The van der Waals surface area contributed by atoms with Gasteiger partial charge in [-0.25, -0.2) is 0 Å². The number of hydrogen-bond acceptors (Lipinski definition) is 0. The number of benzene rings is 2. The smallest absolute Gasteiger partial charge is 0.0127 e. The zero-order valence-electron chi connectivity index (χ0n) is 24.9. The van der Waals surface area contributed by atoms with E-state index < -0.39 is 0 Å². The highest BCUT2D eigenvalue weighted by Crippen LogP contribution is 2.27. The summed E-state index contributed by atoms with van der Waals surface area (Å²) in [6.45, 7) is 26.9. The lowest BCUT2D eigenvalue weighted by Crippen LogP contribution is -1.91. The molecule has 3 rings (SSSR count). The van der Waals surface area contributed by atoms with Gasteiger partial charge in [0.2, 0.25) is 0 Å². The Labute approximate surface area is 226 Å². The van der Waals surface area contributed by atoms with Crippen LogP contribution in [-0.4, -0.2) is 0 Å². The van der Waals surface area contributed by atoms with Gasteiger partial charge >= 0.3 is 0 Å². The van der Waals surface area contributed by atoms with Gasteiger partial charge in [0.15, 0.2) is 0 Å². The van der Waals surface area contributed by atoms with Crippen molar-refractivity contribution < 1.29 is 0 Å². The fourth-order valence-electron chi connectivity index (χ4n) is 3.92. The van der Waals surface area contributed by atoms with Crippen molar-refractivity contribution in [3.8, 4) is 0 Å². The minimum atomic E-state index is 0. The summed E-state index contributed by atoms with van der Waals surface area (Å²) in [5, 5.41) is 0. The SMILES string of the molecule is C.CC(C)C1=CCC(C(C)C)=C1.CC(C)c1ccc(C(C)C)cc1.CC(C)c1cccc(C(C)C)c1. The van der Waals surface area contributed by atoms with E-state index in [1.54, 1.807) is 5.57 Å². The van der Waals surface area contributed by atoms with Crippen molar-refractivity contribution in [3.05, 3.63) is 94.1 Å². The fourth-order valence-corrected chi connectivity index (χ4v) is 3.92. The van der Waals surface area contributed by atoms with Gasteiger partial charge in [0.1, 0.15) is 0 Å². The molecule has 0 unspecified atom stereocenters. The summed E-state index contributed by atoms with van der Waals surface area (Å²) >= 11 is 0. The molecule has 0 spiro atoms. The van der Waals surface area contributed by atoms with Crippen LogP contribution in [0.1, 0.15) is 143 Å². The summed E-state index contributed by atoms with van der Waals surface area (Å²) in [7, 11) is 0.